The van der Waals surface area contributed by atoms with E-state index in [4.69, 9.17) is 4.74 Å². The molecule has 110 valence electrons. The molecule has 7 heteroatoms. The first-order valence-corrected chi connectivity index (χ1v) is 6.95. The maximum Gasteiger partial charge on any atom is 0.321 e. The second kappa shape index (κ2) is 7.86. The summed E-state index contributed by atoms with van der Waals surface area (Å²) in [6, 6.07) is 5.36. The van der Waals surface area contributed by atoms with E-state index < -0.39 is 6.03 Å². The molecule has 0 bridgehead atoms. The Kier molecular flexibility index (Phi) is 6.47. The highest BCUT2D eigenvalue weighted by molar-refractivity contribution is 9.10. The first-order chi connectivity index (χ1) is 9.47. The second-order valence-corrected chi connectivity index (χ2v) is 5.10. The standard InChI is InChI=1S/C13H18BrN3O3/c1-8(16-7-12(18)17-13(19)15-2)9-4-5-11(20-3)10(14)6-9/h4-6,8,16H,7H2,1-3H3,(H2,15,17,18,19)/p+1/t8-/m1/s1. The minimum atomic E-state index is -0.497. The van der Waals surface area contributed by atoms with E-state index in [0.29, 0.717) is 0 Å². The predicted octanol–water partition coefficient (Wildman–Crippen LogP) is 0.538. The predicted molar refractivity (Wildman–Crippen MR) is 78.5 cm³/mol. The van der Waals surface area contributed by atoms with Crippen molar-refractivity contribution in [3.05, 3.63) is 28.2 Å². The van der Waals surface area contributed by atoms with E-state index in [1.807, 2.05) is 30.4 Å². The number of ether oxygens (including phenoxy) is 1. The van der Waals surface area contributed by atoms with Crippen molar-refractivity contribution in [2.75, 3.05) is 20.7 Å². The van der Waals surface area contributed by atoms with Gasteiger partial charge in [-0.3, -0.25) is 10.1 Å². The Bertz CT molecular complexity index is 494. The summed E-state index contributed by atoms with van der Waals surface area (Å²) in [5.74, 6) is 0.432. The van der Waals surface area contributed by atoms with E-state index in [1.165, 1.54) is 7.05 Å². The number of methoxy groups -OCH3 is 1. The Labute approximate surface area is 126 Å². The largest absolute Gasteiger partial charge is 0.496 e. The highest BCUT2D eigenvalue weighted by Gasteiger charge is 2.14. The van der Waals surface area contributed by atoms with E-state index >= 15 is 0 Å². The van der Waals surface area contributed by atoms with Crippen molar-refractivity contribution in [3.63, 3.8) is 0 Å². The number of amides is 3. The Morgan fingerprint density at radius 2 is 2.15 bits per heavy atom. The van der Waals surface area contributed by atoms with Gasteiger partial charge in [-0.25, -0.2) is 4.79 Å². The number of halogens is 1. The number of imide groups is 1. The lowest BCUT2D eigenvalue weighted by Gasteiger charge is -2.12. The molecule has 0 unspecified atom stereocenters. The minimum Gasteiger partial charge on any atom is -0.496 e. The Balaban J connectivity index is 2.54. The van der Waals surface area contributed by atoms with Crippen LogP contribution in [0.25, 0.3) is 0 Å². The molecule has 0 aliphatic carbocycles. The monoisotopic (exact) mass is 344 g/mol. The zero-order valence-electron chi connectivity index (χ0n) is 11.7. The van der Waals surface area contributed by atoms with Crippen LogP contribution < -0.4 is 20.7 Å². The lowest BCUT2D eigenvalue weighted by molar-refractivity contribution is -0.682. The minimum absolute atomic E-state index is 0.0904. The van der Waals surface area contributed by atoms with Gasteiger partial charge in [0.15, 0.2) is 6.54 Å². The number of urea groups is 1. The third-order valence-electron chi connectivity index (χ3n) is 2.84. The summed E-state index contributed by atoms with van der Waals surface area (Å²) >= 11 is 3.43. The summed E-state index contributed by atoms with van der Waals surface area (Å²) in [6.45, 7) is 2.17. The molecule has 1 aromatic carbocycles. The molecule has 0 radical (unpaired) electrons. The van der Waals surface area contributed by atoms with Crippen LogP contribution in [0.2, 0.25) is 0 Å². The fraction of sp³-hybridized carbons (Fsp3) is 0.385. The average molecular weight is 345 g/mol. The normalized spacial score (nSPS) is 11.6. The van der Waals surface area contributed by atoms with Gasteiger partial charge in [0.05, 0.1) is 11.6 Å². The van der Waals surface area contributed by atoms with Crippen LogP contribution in [-0.2, 0) is 4.79 Å². The molecule has 0 saturated heterocycles. The van der Waals surface area contributed by atoms with Crippen LogP contribution in [0.3, 0.4) is 0 Å². The summed E-state index contributed by atoms with van der Waals surface area (Å²) in [7, 11) is 3.07. The second-order valence-electron chi connectivity index (χ2n) is 4.25. The van der Waals surface area contributed by atoms with E-state index in [0.717, 1.165) is 15.8 Å². The molecule has 0 aromatic heterocycles. The average Bonchev–Trinajstić information content (AvgIpc) is 2.44. The molecule has 4 N–H and O–H groups in total. The lowest BCUT2D eigenvalue weighted by Crippen LogP contribution is -2.87. The van der Waals surface area contributed by atoms with Gasteiger partial charge in [0, 0.05) is 12.6 Å². The maximum atomic E-state index is 11.5. The molecule has 1 atom stereocenters. The van der Waals surface area contributed by atoms with Crippen molar-refractivity contribution >= 4 is 27.9 Å². The quantitative estimate of drug-likeness (QED) is 0.728. The smallest absolute Gasteiger partial charge is 0.321 e. The molecular formula is C13H19BrN3O3+. The summed E-state index contributed by atoms with van der Waals surface area (Å²) < 4.78 is 6.04. The highest BCUT2D eigenvalue weighted by Crippen LogP contribution is 2.26. The van der Waals surface area contributed by atoms with Crippen molar-refractivity contribution in [1.82, 2.24) is 10.6 Å². The molecule has 0 saturated carbocycles. The number of rotatable bonds is 5. The molecule has 0 aliphatic heterocycles. The summed E-state index contributed by atoms with van der Waals surface area (Å²) in [4.78, 5) is 22.5. The van der Waals surface area contributed by atoms with Crippen LogP contribution in [0.4, 0.5) is 4.79 Å². The number of nitrogens with one attached hydrogen (secondary N) is 2. The van der Waals surface area contributed by atoms with Crippen molar-refractivity contribution in [2.24, 2.45) is 0 Å². The van der Waals surface area contributed by atoms with Crippen LogP contribution in [0.15, 0.2) is 22.7 Å². The number of carbonyl (C=O) groups excluding carboxylic acids is 2. The van der Waals surface area contributed by atoms with E-state index in [2.05, 4.69) is 26.6 Å². The van der Waals surface area contributed by atoms with Crippen LogP contribution in [0.1, 0.15) is 18.5 Å². The summed E-state index contributed by atoms with van der Waals surface area (Å²) in [5, 5.41) is 6.40. The summed E-state index contributed by atoms with van der Waals surface area (Å²) in [6.07, 6.45) is 0. The number of hydrogen-bond donors (Lipinski definition) is 3. The molecule has 0 fully saturated rings. The first-order valence-electron chi connectivity index (χ1n) is 6.16. The van der Waals surface area contributed by atoms with Crippen LogP contribution in [0, 0.1) is 0 Å². The fourth-order valence-electron chi connectivity index (χ4n) is 1.63. The molecule has 20 heavy (non-hydrogen) atoms. The molecule has 1 rings (SSSR count). The van der Waals surface area contributed by atoms with Gasteiger partial charge >= 0.3 is 6.03 Å². The number of carbonyl (C=O) groups is 2. The van der Waals surface area contributed by atoms with Gasteiger partial charge in [0.25, 0.3) is 5.91 Å². The number of nitrogens with two attached hydrogens (primary N) is 1. The van der Waals surface area contributed by atoms with Crippen LogP contribution in [0.5, 0.6) is 5.75 Å². The van der Waals surface area contributed by atoms with Crippen molar-refractivity contribution in [3.8, 4) is 5.75 Å². The van der Waals surface area contributed by atoms with Gasteiger partial charge in [-0.1, -0.05) is 0 Å². The number of benzene rings is 1. The Morgan fingerprint density at radius 1 is 1.45 bits per heavy atom. The molecular weight excluding hydrogens is 326 g/mol. The fourth-order valence-corrected chi connectivity index (χ4v) is 2.18. The van der Waals surface area contributed by atoms with Gasteiger partial charge < -0.3 is 15.4 Å². The van der Waals surface area contributed by atoms with Gasteiger partial charge in [-0.2, -0.15) is 0 Å². The lowest BCUT2D eigenvalue weighted by atomic mass is 10.1. The van der Waals surface area contributed by atoms with E-state index in [-0.39, 0.29) is 18.5 Å². The topological polar surface area (TPSA) is 84.0 Å². The van der Waals surface area contributed by atoms with Crippen LogP contribution in [-0.4, -0.2) is 32.6 Å². The van der Waals surface area contributed by atoms with Gasteiger partial charge in [-0.05, 0) is 41.1 Å². The highest BCUT2D eigenvalue weighted by atomic mass is 79.9. The Hall–Kier alpha value is -1.60. The van der Waals surface area contributed by atoms with Crippen molar-refractivity contribution in [2.45, 2.75) is 13.0 Å². The zero-order valence-corrected chi connectivity index (χ0v) is 13.3. The molecule has 3 amide bonds. The molecule has 0 heterocycles. The SMILES string of the molecule is CNC(=O)NC(=O)C[NH2+][C@H](C)c1ccc(OC)c(Br)c1. The number of hydrogen-bond acceptors (Lipinski definition) is 3. The van der Waals surface area contributed by atoms with Gasteiger partial charge in [0.2, 0.25) is 0 Å². The van der Waals surface area contributed by atoms with Gasteiger partial charge in [0.1, 0.15) is 11.8 Å². The van der Waals surface area contributed by atoms with E-state index in [1.54, 1.807) is 7.11 Å². The molecule has 0 aliphatic rings. The molecule has 0 spiro atoms. The summed E-state index contributed by atoms with van der Waals surface area (Å²) in [5.41, 5.74) is 1.06. The molecule has 1 aromatic rings. The van der Waals surface area contributed by atoms with Crippen LogP contribution >= 0.6 is 15.9 Å². The maximum absolute atomic E-state index is 11.5. The molecule has 6 nitrogen and oxygen atoms in total. The Morgan fingerprint density at radius 3 is 2.70 bits per heavy atom. The first kappa shape index (κ1) is 16.5. The van der Waals surface area contributed by atoms with Gasteiger partial charge in [-0.15, -0.1) is 0 Å². The third kappa shape index (κ3) is 4.82. The van der Waals surface area contributed by atoms with Crippen molar-refractivity contribution < 1.29 is 19.6 Å². The van der Waals surface area contributed by atoms with Crippen molar-refractivity contribution in [1.29, 1.82) is 0 Å². The zero-order chi connectivity index (χ0) is 15.1. The third-order valence-corrected chi connectivity index (χ3v) is 3.46. The number of quaternary nitrogens is 1. The van der Waals surface area contributed by atoms with E-state index in [9.17, 15) is 9.59 Å².